The summed E-state index contributed by atoms with van der Waals surface area (Å²) in [5.74, 6) is -0.0126. The Morgan fingerprint density at radius 1 is 1.33 bits per heavy atom. The molecule has 2 fully saturated rings. The van der Waals surface area contributed by atoms with Gasteiger partial charge in [-0.2, -0.15) is 0 Å². The number of imide groups is 1. The highest BCUT2D eigenvalue weighted by Gasteiger charge is 2.40. The second kappa shape index (κ2) is 7.19. The number of benzene rings is 1. The van der Waals surface area contributed by atoms with Gasteiger partial charge in [0.15, 0.2) is 0 Å². The van der Waals surface area contributed by atoms with Gasteiger partial charge in [0.05, 0.1) is 6.54 Å². The molecule has 1 aromatic rings. The SMILES string of the molecule is O=C1NCCN1C(=O)NC[C@](O)(c1ccccc1)C1CCOCC1. The van der Waals surface area contributed by atoms with Crippen molar-refractivity contribution < 1.29 is 19.4 Å². The molecule has 7 heteroatoms. The van der Waals surface area contributed by atoms with Gasteiger partial charge in [0.1, 0.15) is 5.60 Å². The van der Waals surface area contributed by atoms with E-state index in [9.17, 15) is 14.7 Å². The Balaban J connectivity index is 1.75. The summed E-state index contributed by atoms with van der Waals surface area (Å²) in [6.07, 6.45) is 1.46. The average Bonchev–Trinajstić information content (AvgIpc) is 3.07. The van der Waals surface area contributed by atoms with Crippen LogP contribution in [0.4, 0.5) is 9.59 Å². The first-order chi connectivity index (χ1) is 11.6. The summed E-state index contributed by atoms with van der Waals surface area (Å²) >= 11 is 0. The van der Waals surface area contributed by atoms with Crippen molar-refractivity contribution >= 4 is 12.1 Å². The van der Waals surface area contributed by atoms with Gasteiger partial charge in [-0.05, 0) is 24.3 Å². The number of hydrogen-bond donors (Lipinski definition) is 3. The number of rotatable bonds is 4. The smallest absolute Gasteiger partial charge is 0.325 e. The molecule has 3 rings (SSSR count). The zero-order valence-corrected chi connectivity index (χ0v) is 13.5. The van der Waals surface area contributed by atoms with Crippen LogP contribution in [0, 0.1) is 5.92 Å². The van der Waals surface area contributed by atoms with E-state index >= 15 is 0 Å². The summed E-state index contributed by atoms with van der Waals surface area (Å²) < 4.78 is 5.39. The minimum absolute atomic E-state index is 0.0126. The van der Waals surface area contributed by atoms with Gasteiger partial charge in [-0.1, -0.05) is 30.3 Å². The molecular formula is C17H23N3O4. The van der Waals surface area contributed by atoms with Gasteiger partial charge < -0.3 is 20.5 Å². The van der Waals surface area contributed by atoms with Crippen molar-refractivity contribution in [3.05, 3.63) is 35.9 Å². The van der Waals surface area contributed by atoms with Crippen LogP contribution in [0.25, 0.3) is 0 Å². The Morgan fingerprint density at radius 3 is 2.67 bits per heavy atom. The van der Waals surface area contributed by atoms with Crippen LogP contribution in [0.1, 0.15) is 18.4 Å². The van der Waals surface area contributed by atoms with E-state index in [0.717, 1.165) is 23.3 Å². The molecule has 0 spiro atoms. The lowest BCUT2D eigenvalue weighted by atomic mass is 9.77. The molecule has 3 N–H and O–H groups in total. The summed E-state index contributed by atoms with van der Waals surface area (Å²) in [5.41, 5.74) is -0.417. The molecule has 1 atom stereocenters. The van der Waals surface area contributed by atoms with Gasteiger partial charge in [0, 0.05) is 26.3 Å². The highest BCUT2D eigenvalue weighted by molar-refractivity contribution is 5.94. The minimum Gasteiger partial charge on any atom is -0.383 e. The Hall–Kier alpha value is -2.12. The van der Waals surface area contributed by atoms with Crippen molar-refractivity contribution in [2.45, 2.75) is 18.4 Å². The van der Waals surface area contributed by atoms with E-state index in [1.165, 1.54) is 0 Å². The lowest BCUT2D eigenvalue weighted by Gasteiger charge is -2.39. The molecule has 0 saturated carbocycles. The highest BCUT2D eigenvalue weighted by atomic mass is 16.5. The number of amides is 4. The maximum absolute atomic E-state index is 12.2. The van der Waals surface area contributed by atoms with Crippen LogP contribution < -0.4 is 10.6 Å². The molecule has 2 aliphatic rings. The zero-order chi connectivity index (χ0) is 17.0. The van der Waals surface area contributed by atoms with Gasteiger partial charge in [-0.3, -0.25) is 0 Å². The van der Waals surface area contributed by atoms with Crippen LogP contribution in [0.15, 0.2) is 30.3 Å². The number of nitrogens with zero attached hydrogens (tertiary/aromatic N) is 1. The van der Waals surface area contributed by atoms with Crippen molar-refractivity contribution in [1.82, 2.24) is 15.5 Å². The number of urea groups is 2. The number of carbonyl (C=O) groups is 2. The van der Waals surface area contributed by atoms with Crippen molar-refractivity contribution in [3.8, 4) is 0 Å². The van der Waals surface area contributed by atoms with Crippen LogP contribution in [0.5, 0.6) is 0 Å². The molecule has 2 aliphatic heterocycles. The lowest BCUT2D eigenvalue weighted by Crippen LogP contribution is -2.51. The van der Waals surface area contributed by atoms with Gasteiger partial charge in [-0.15, -0.1) is 0 Å². The average molecular weight is 333 g/mol. The van der Waals surface area contributed by atoms with Gasteiger partial charge >= 0.3 is 12.1 Å². The number of aliphatic hydroxyl groups is 1. The van der Waals surface area contributed by atoms with Crippen LogP contribution in [-0.4, -0.2) is 54.9 Å². The fourth-order valence-electron chi connectivity index (χ4n) is 3.36. The maximum Gasteiger partial charge on any atom is 0.325 e. The first-order valence-corrected chi connectivity index (χ1v) is 8.30. The quantitative estimate of drug-likeness (QED) is 0.768. The second-order valence-electron chi connectivity index (χ2n) is 6.22. The molecule has 0 bridgehead atoms. The fraction of sp³-hybridized carbons (Fsp3) is 0.529. The van der Waals surface area contributed by atoms with E-state index in [1.54, 1.807) is 0 Å². The molecule has 7 nitrogen and oxygen atoms in total. The van der Waals surface area contributed by atoms with Crippen molar-refractivity contribution in [2.24, 2.45) is 5.92 Å². The van der Waals surface area contributed by atoms with Crippen LogP contribution in [0.2, 0.25) is 0 Å². The Labute approximate surface area is 141 Å². The van der Waals surface area contributed by atoms with E-state index in [1.807, 2.05) is 30.3 Å². The van der Waals surface area contributed by atoms with Crippen molar-refractivity contribution in [2.75, 3.05) is 32.8 Å². The van der Waals surface area contributed by atoms with Crippen LogP contribution in [-0.2, 0) is 10.3 Å². The Morgan fingerprint density at radius 2 is 2.04 bits per heavy atom. The largest absolute Gasteiger partial charge is 0.383 e. The molecule has 1 aromatic carbocycles. The van der Waals surface area contributed by atoms with E-state index in [0.29, 0.717) is 26.3 Å². The monoisotopic (exact) mass is 333 g/mol. The number of ether oxygens (including phenoxy) is 1. The molecular weight excluding hydrogens is 310 g/mol. The molecule has 24 heavy (non-hydrogen) atoms. The summed E-state index contributed by atoms with van der Waals surface area (Å²) in [6, 6.07) is 8.48. The third-order valence-corrected chi connectivity index (χ3v) is 4.78. The summed E-state index contributed by atoms with van der Waals surface area (Å²) in [7, 11) is 0. The predicted molar refractivity (Wildman–Crippen MR) is 87.4 cm³/mol. The fourth-order valence-corrected chi connectivity index (χ4v) is 3.36. The van der Waals surface area contributed by atoms with Crippen LogP contribution >= 0.6 is 0 Å². The van der Waals surface area contributed by atoms with E-state index in [-0.39, 0.29) is 12.5 Å². The third-order valence-electron chi connectivity index (χ3n) is 4.78. The van der Waals surface area contributed by atoms with Gasteiger partial charge in [-0.25, -0.2) is 14.5 Å². The molecule has 2 saturated heterocycles. The lowest BCUT2D eigenvalue weighted by molar-refractivity contribution is -0.0678. The molecule has 0 unspecified atom stereocenters. The first kappa shape index (κ1) is 16.7. The highest BCUT2D eigenvalue weighted by Crippen LogP contribution is 2.35. The van der Waals surface area contributed by atoms with E-state index in [2.05, 4.69) is 10.6 Å². The summed E-state index contributed by atoms with van der Waals surface area (Å²) in [4.78, 5) is 24.9. The molecule has 0 aliphatic carbocycles. The van der Waals surface area contributed by atoms with Crippen LogP contribution in [0.3, 0.4) is 0 Å². The molecule has 130 valence electrons. The number of hydrogen-bond acceptors (Lipinski definition) is 4. The zero-order valence-electron chi connectivity index (χ0n) is 13.5. The van der Waals surface area contributed by atoms with Gasteiger partial charge in [0.25, 0.3) is 0 Å². The standard InChI is InChI=1S/C17H23N3O4/c21-15-18-8-9-20(15)16(22)19-12-17(23,13-4-2-1-3-5-13)14-6-10-24-11-7-14/h1-5,14,23H,6-12H2,(H,18,21)(H,19,22)/t17-/m0/s1. The predicted octanol–water partition coefficient (Wildman–Crippen LogP) is 1.04. The van der Waals surface area contributed by atoms with Gasteiger partial charge in [0.2, 0.25) is 0 Å². The minimum atomic E-state index is -1.18. The number of carbonyl (C=O) groups excluding carboxylic acids is 2. The normalized spacial score (nSPS) is 21.2. The summed E-state index contributed by atoms with van der Waals surface area (Å²) in [5, 5.41) is 16.7. The Kier molecular flexibility index (Phi) is 5.01. The van der Waals surface area contributed by atoms with E-state index in [4.69, 9.17) is 4.74 Å². The van der Waals surface area contributed by atoms with Crippen molar-refractivity contribution in [3.63, 3.8) is 0 Å². The number of nitrogens with one attached hydrogen (secondary N) is 2. The Bertz CT molecular complexity index is 589. The topological polar surface area (TPSA) is 90.9 Å². The third kappa shape index (κ3) is 3.37. The summed E-state index contributed by atoms with van der Waals surface area (Å²) in [6.45, 7) is 2.05. The molecule has 2 heterocycles. The van der Waals surface area contributed by atoms with E-state index < -0.39 is 17.7 Å². The molecule has 4 amide bonds. The first-order valence-electron chi connectivity index (χ1n) is 8.30. The maximum atomic E-state index is 12.2. The second-order valence-corrected chi connectivity index (χ2v) is 6.22. The van der Waals surface area contributed by atoms with Crippen molar-refractivity contribution in [1.29, 1.82) is 0 Å². The molecule has 0 radical (unpaired) electrons. The molecule has 0 aromatic heterocycles.